The molecule has 0 aliphatic heterocycles. The molecule has 1 aromatic carbocycles. The van der Waals surface area contributed by atoms with Crippen molar-refractivity contribution in [2.24, 2.45) is 0 Å². The van der Waals surface area contributed by atoms with E-state index in [1.807, 2.05) is 11.6 Å². The molecule has 2 rings (SSSR count). The number of thiazole rings is 1. The van der Waals surface area contributed by atoms with Crippen molar-refractivity contribution in [2.75, 3.05) is 6.61 Å². The Balaban J connectivity index is 1.96. The molecule has 0 aliphatic rings. The fraction of sp³-hybridized carbons (Fsp3) is 0.476. The van der Waals surface area contributed by atoms with Gasteiger partial charge in [0.1, 0.15) is 5.01 Å². The third-order valence-corrected chi connectivity index (χ3v) is 10.4. The largest absolute Gasteiger partial charge is 0.416 e. The first-order chi connectivity index (χ1) is 11.8. The van der Waals surface area contributed by atoms with E-state index in [1.54, 1.807) is 11.3 Å². The maximum absolute atomic E-state index is 6.45. The lowest BCUT2D eigenvalue weighted by molar-refractivity contribution is 0.278. The number of allylic oxidation sites excluding steroid dienone is 1. The summed E-state index contributed by atoms with van der Waals surface area (Å²) in [4.78, 5) is 4.52. The van der Waals surface area contributed by atoms with Crippen LogP contribution < -0.4 is 0 Å². The average Bonchev–Trinajstić information content (AvgIpc) is 3.08. The van der Waals surface area contributed by atoms with Gasteiger partial charge in [-0.1, -0.05) is 63.3 Å². The molecule has 2 aromatic rings. The summed E-state index contributed by atoms with van der Waals surface area (Å²) in [5.41, 5.74) is 1.38. The summed E-state index contributed by atoms with van der Waals surface area (Å²) in [6.45, 7) is 12.2. The first kappa shape index (κ1) is 20.1. The molecular weight excluding hydrogens is 342 g/mol. The van der Waals surface area contributed by atoms with E-state index in [-0.39, 0.29) is 11.0 Å². The van der Waals surface area contributed by atoms with Crippen molar-refractivity contribution in [1.29, 1.82) is 0 Å². The normalized spacial score (nSPS) is 14.1. The molecule has 0 bridgehead atoms. The van der Waals surface area contributed by atoms with Gasteiger partial charge < -0.3 is 4.43 Å². The molecule has 25 heavy (non-hydrogen) atoms. The zero-order valence-corrected chi connectivity index (χ0v) is 18.0. The lowest BCUT2D eigenvalue weighted by Gasteiger charge is -2.36. The Labute approximate surface area is 158 Å². The van der Waals surface area contributed by atoms with Gasteiger partial charge in [0.2, 0.25) is 0 Å². The van der Waals surface area contributed by atoms with E-state index < -0.39 is 8.32 Å². The SMILES string of the molecule is CC(C)(C)[Si](C)(C)OCC(/C=C/CCc1ccccc1)c1nccs1. The topological polar surface area (TPSA) is 22.1 Å². The number of nitrogens with zero attached hydrogens (tertiary/aromatic N) is 1. The molecule has 0 saturated heterocycles. The molecule has 1 heterocycles. The molecule has 0 aliphatic carbocycles. The molecule has 0 saturated carbocycles. The Bertz CT molecular complexity index is 644. The summed E-state index contributed by atoms with van der Waals surface area (Å²) in [6.07, 6.45) is 8.58. The number of aryl methyl sites for hydroxylation is 1. The van der Waals surface area contributed by atoms with E-state index in [9.17, 15) is 0 Å². The lowest BCUT2D eigenvalue weighted by atomic mass is 10.1. The predicted octanol–water partition coefficient (Wildman–Crippen LogP) is 6.44. The van der Waals surface area contributed by atoms with Crippen LogP contribution in [0.2, 0.25) is 18.1 Å². The van der Waals surface area contributed by atoms with Gasteiger partial charge in [-0.05, 0) is 36.5 Å². The van der Waals surface area contributed by atoms with Crippen LogP contribution in [0.5, 0.6) is 0 Å². The zero-order valence-electron chi connectivity index (χ0n) is 16.2. The fourth-order valence-electron chi connectivity index (χ4n) is 2.30. The molecule has 1 unspecified atom stereocenters. The molecular formula is C21H31NOSSi. The highest BCUT2D eigenvalue weighted by atomic mass is 32.1. The molecule has 4 heteroatoms. The van der Waals surface area contributed by atoms with Crippen LogP contribution in [0.4, 0.5) is 0 Å². The first-order valence-electron chi connectivity index (χ1n) is 9.03. The Morgan fingerprint density at radius 2 is 1.92 bits per heavy atom. The Morgan fingerprint density at radius 3 is 2.52 bits per heavy atom. The van der Waals surface area contributed by atoms with Crippen LogP contribution in [0, 0.1) is 0 Å². The quantitative estimate of drug-likeness (QED) is 0.392. The van der Waals surface area contributed by atoms with E-state index in [2.05, 4.69) is 81.3 Å². The van der Waals surface area contributed by atoms with Gasteiger partial charge in [-0.2, -0.15) is 0 Å². The Kier molecular flexibility index (Phi) is 7.17. The van der Waals surface area contributed by atoms with Crippen molar-refractivity contribution in [2.45, 2.75) is 57.7 Å². The molecule has 0 amide bonds. The summed E-state index contributed by atoms with van der Waals surface area (Å²) in [7, 11) is -1.74. The monoisotopic (exact) mass is 373 g/mol. The van der Waals surface area contributed by atoms with Crippen molar-refractivity contribution in [3.05, 3.63) is 64.6 Å². The second-order valence-corrected chi connectivity index (χ2v) is 13.7. The minimum absolute atomic E-state index is 0.234. The van der Waals surface area contributed by atoms with Crippen molar-refractivity contribution < 1.29 is 4.43 Å². The molecule has 2 nitrogen and oxygen atoms in total. The second kappa shape index (κ2) is 8.92. The highest BCUT2D eigenvalue weighted by Gasteiger charge is 2.37. The molecule has 1 atom stereocenters. The number of benzene rings is 1. The van der Waals surface area contributed by atoms with Gasteiger partial charge in [0, 0.05) is 18.2 Å². The van der Waals surface area contributed by atoms with Crippen LogP contribution in [0.15, 0.2) is 54.1 Å². The molecule has 0 fully saturated rings. The van der Waals surface area contributed by atoms with E-state index in [0.717, 1.165) is 24.5 Å². The summed E-state index contributed by atoms with van der Waals surface area (Å²) < 4.78 is 6.45. The van der Waals surface area contributed by atoms with Crippen molar-refractivity contribution in [3.8, 4) is 0 Å². The lowest BCUT2D eigenvalue weighted by Crippen LogP contribution is -2.41. The van der Waals surface area contributed by atoms with E-state index >= 15 is 0 Å². The van der Waals surface area contributed by atoms with Crippen LogP contribution in [-0.2, 0) is 10.8 Å². The minimum atomic E-state index is -1.74. The molecule has 136 valence electrons. The zero-order chi connectivity index (χ0) is 18.3. The number of hydrogen-bond donors (Lipinski definition) is 0. The fourth-order valence-corrected chi connectivity index (χ4v) is 4.03. The minimum Gasteiger partial charge on any atom is -0.416 e. The number of aromatic nitrogens is 1. The van der Waals surface area contributed by atoms with Crippen LogP contribution in [0.1, 0.15) is 43.7 Å². The third-order valence-electron chi connectivity index (χ3n) is 5.01. The first-order valence-corrected chi connectivity index (χ1v) is 12.8. The number of hydrogen-bond acceptors (Lipinski definition) is 3. The maximum atomic E-state index is 6.45. The summed E-state index contributed by atoms with van der Waals surface area (Å²) in [5, 5.41) is 3.43. The Morgan fingerprint density at radius 1 is 1.20 bits per heavy atom. The summed E-state index contributed by atoms with van der Waals surface area (Å²) >= 11 is 1.72. The van der Waals surface area contributed by atoms with E-state index in [4.69, 9.17) is 4.43 Å². The van der Waals surface area contributed by atoms with Crippen LogP contribution in [0.3, 0.4) is 0 Å². The van der Waals surface area contributed by atoms with Gasteiger partial charge >= 0.3 is 0 Å². The van der Waals surface area contributed by atoms with Crippen LogP contribution >= 0.6 is 11.3 Å². The maximum Gasteiger partial charge on any atom is 0.192 e. The third kappa shape index (κ3) is 6.21. The molecule has 0 N–H and O–H groups in total. The Hall–Kier alpha value is -1.23. The standard InChI is InChI=1S/C21H31NOSSi/c1-21(2,3)25(4,5)23-17-19(20-22-15-16-24-20)14-10-9-13-18-11-7-6-8-12-18/h6-8,10-12,14-16,19H,9,13,17H2,1-5H3/b14-10+. The molecule has 0 radical (unpaired) electrons. The highest BCUT2D eigenvalue weighted by molar-refractivity contribution is 7.09. The summed E-state index contributed by atoms with van der Waals surface area (Å²) in [5.74, 6) is 0.255. The average molecular weight is 374 g/mol. The van der Waals surface area contributed by atoms with Crippen molar-refractivity contribution in [3.63, 3.8) is 0 Å². The van der Waals surface area contributed by atoms with Gasteiger partial charge in [-0.15, -0.1) is 11.3 Å². The molecule has 0 spiro atoms. The summed E-state index contributed by atoms with van der Waals surface area (Å²) in [6, 6.07) is 10.6. The van der Waals surface area contributed by atoms with Crippen LogP contribution in [0.25, 0.3) is 0 Å². The molecule has 1 aromatic heterocycles. The van der Waals surface area contributed by atoms with Gasteiger partial charge in [0.25, 0.3) is 0 Å². The highest BCUT2D eigenvalue weighted by Crippen LogP contribution is 2.37. The van der Waals surface area contributed by atoms with Crippen molar-refractivity contribution in [1.82, 2.24) is 4.98 Å². The van der Waals surface area contributed by atoms with Gasteiger partial charge in [0.15, 0.2) is 8.32 Å². The smallest absolute Gasteiger partial charge is 0.192 e. The number of rotatable bonds is 8. The van der Waals surface area contributed by atoms with Gasteiger partial charge in [-0.3, -0.25) is 0 Å². The predicted molar refractivity (Wildman–Crippen MR) is 112 cm³/mol. The van der Waals surface area contributed by atoms with E-state index in [0.29, 0.717) is 0 Å². The van der Waals surface area contributed by atoms with Gasteiger partial charge in [0.05, 0.1) is 5.92 Å². The van der Waals surface area contributed by atoms with E-state index in [1.165, 1.54) is 5.56 Å². The van der Waals surface area contributed by atoms with Crippen LogP contribution in [-0.4, -0.2) is 19.9 Å². The van der Waals surface area contributed by atoms with Gasteiger partial charge in [-0.25, -0.2) is 4.98 Å². The second-order valence-electron chi connectivity index (χ2n) is 8.00. The van der Waals surface area contributed by atoms with Crippen molar-refractivity contribution >= 4 is 19.7 Å².